The van der Waals surface area contributed by atoms with Gasteiger partial charge in [0.2, 0.25) is 5.91 Å². The van der Waals surface area contributed by atoms with Crippen molar-refractivity contribution >= 4 is 33.2 Å². The van der Waals surface area contributed by atoms with Crippen LogP contribution >= 0.6 is 11.8 Å². The van der Waals surface area contributed by atoms with Crippen LogP contribution in [0.3, 0.4) is 0 Å². The van der Waals surface area contributed by atoms with Gasteiger partial charge in [0.15, 0.2) is 20.8 Å². The zero-order chi connectivity index (χ0) is 20.1. The Bertz CT molecular complexity index is 1060. The fraction of sp³-hybridized carbons (Fsp3) is 0.222. The SMILES string of the molecule is CCn1c(SCC(=O)Nc2ccccc2)nnc1-c1ccc(S(C)(=O)=O)cn1. The van der Waals surface area contributed by atoms with Crippen molar-refractivity contribution in [1.82, 2.24) is 19.7 Å². The van der Waals surface area contributed by atoms with Crippen LogP contribution in [0.5, 0.6) is 0 Å². The van der Waals surface area contributed by atoms with E-state index in [9.17, 15) is 13.2 Å². The van der Waals surface area contributed by atoms with E-state index in [0.29, 0.717) is 23.2 Å². The van der Waals surface area contributed by atoms with Gasteiger partial charge in [-0.05, 0) is 31.2 Å². The first kappa shape index (κ1) is 20.0. The third-order valence-corrected chi connectivity index (χ3v) is 5.88. The van der Waals surface area contributed by atoms with Gasteiger partial charge in [-0.25, -0.2) is 8.42 Å². The highest BCUT2D eigenvalue weighted by Gasteiger charge is 2.16. The minimum atomic E-state index is -3.31. The number of carbonyl (C=O) groups is 1. The summed E-state index contributed by atoms with van der Waals surface area (Å²) in [4.78, 5) is 16.5. The number of para-hydroxylation sites is 1. The summed E-state index contributed by atoms with van der Waals surface area (Å²) in [5.74, 6) is 0.570. The molecule has 8 nitrogen and oxygen atoms in total. The Morgan fingerprint density at radius 2 is 1.89 bits per heavy atom. The van der Waals surface area contributed by atoms with Crippen LogP contribution in [0.25, 0.3) is 11.5 Å². The molecular weight excluding hydrogens is 398 g/mol. The number of nitrogens with zero attached hydrogens (tertiary/aromatic N) is 4. The molecule has 10 heteroatoms. The van der Waals surface area contributed by atoms with Gasteiger partial charge in [0.05, 0.1) is 10.6 Å². The Labute approximate surface area is 167 Å². The summed E-state index contributed by atoms with van der Waals surface area (Å²) in [6.45, 7) is 2.52. The zero-order valence-electron chi connectivity index (χ0n) is 15.4. The molecule has 1 aromatic carbocycles. The van der Waals surface area contributed by atoms with Gasteiger partial charge in [-0.15, -0.1) is 10.2 Å². The first-order valence-electron chi connectivity index (χ1n) is 8.46. The molecule has 3 rings (SSSR count). The number of hydrogen-bond donors (Lipinski definition) is 1. The molecular formula is C18H19N5O3S2. The molecule has 0 aliphatic heterocycles. The van der Waals surface area contributed by atoms with Crippen LogP contribution in [0.4, 0.5) is 5.69 Å². The molecule has 0 saturated heterocycles. The second-order valence-electron chi connectivity index (χ2n) is 5.90. The van der Waals surface area contributed by atoms with Crippen LogP contribution < -0.4 is 5.32 Å². The van der Waals surface area contributed by atoms with Crippen molar-refractivity contribution < 1.29 is 13.2 Å². The molecule has 0 unspecified atom stereocenters. The molecule has 3 aromatic rings. The minimum absolute atomic E-state index is 0.140. The van der Waals surface area contributed by atoms with Crippen molar-refractivity contribution in [2.45, 2.75) is 23.5 Å². The van der Waals surface area contributed by atoms with E-state index in [4.69, 9.17) is 0 Å². The van der Waals surface area contributed by atoms with E-state index in [0.717, 1.165) is 11.9 Å². The number of thioether (sulfide) groups is 1. The number of sulfone groups is 1. The predicted octanol–water partition coefficient (Wildman–Crippen LogP) is 2.49. The number of anilines is 1. The number of pyridine rings is 1. The Morgan fingerprint density at radius 3 is 2.50 bits per heavy atom. The lowest BCUT2D eigenvalue weighted by Crippen LogP contribution is -2.14. The van der Waals surface area contributed by atoms with Gasteiger partial charge in [-0.3, -0.25) is 9.78 Å². The molecule has 0 saturated carbocycles. The summed E-state index contributed by atoms with van der Waals surface area (Å²) in [7, 11) is -3.31. The Balaban J connectivity index is 1.72. The lowest BCUT2D eigenvalue weighted by molar-refractivity contribution is -0.113. The monoisotopic (exact) mass is 417 g/mol. The number of rotatable bonds is 7. The molecule has 0 bridgehead atoms. The highest BCUT2D eigenvalue weighted by atomic mass is 32.2. The number of hydrogen-bond acceptors (Lipinski definition) is 7. The van der Waals surface area contributed by atoms with Crippen LogP contribution in [0.15, 0.2) is 58.7 Å². The van der Waals surface area contributed by atoms with Crippen LogP contribution in [0.2, 0.25) is 0 Å². The third-order valence-electron chi connectivity index (χ3n) is 3.82. The fourth-order valence-corrected chi connectivity index (χ4v) is 3.81. The summed E-state index contributed by atoms with van der Waals surface area (Å²) < 4.78 is 25.0. The molecule has 28 heavy (non-hydrogen) atoms. The van der Waals surface area contributed by atoms with E-state index in [1.807, 2.05) is 41.8 Å². The van der Waals surface area contributed by atoms with Gasteiger partial charge in [0.25, 0.3) is 0 Å². The van der Waals surface area contributed by atoms with Crippen LogP contribution in [0, 0.1) is 0 Å². The van der Waals surface area contributed by atoms with Crippen molar-refractivity contribution in [1.29, 1.82) is 0 Å². The summed E-state index contributed by atoms with van der Waals surface area (Å²) in [5, 5.41) is 11.7. The molecule has 0 aliphatic carbocycles. The van der Waals surface area contributed by atoms with Crippen LogP contribution in [-0.2, 0) is 21.2 Å². The van der Waals surface area contributed by atoms with E-state index in [-0.39, 0.29) is 16.6 Å². The van der Waals surface area contributed by atoms with E-state index >= 15 is 0 Å². The minimum Gasteiger partial charge on any atom is -0.325 e. The summed E-state index contributed by atoms with van der Waals surface area (Å²) in [5.41, 5.74) is 1.25. The highest BCUT2D eigenvalue weighted by Crippen LogP contribution is 2.23. The van der Waals surface area contributed by atoms with Crippen molar-refractivity contribution in [3.05, 3.63) is 48.7 Å². The van der Waals surface area contributed by atoms with E-state index in [1.165, 1.54) is 24.0 Å². The average molecular weight is 418 g/mol. The van der Waals surface area contributed by atoms with Crippen molar-refractivity contribution in [2.24, 2.45) is 0 Å². The van der Waals surface area contributed by atoms with Crippen molar-refractivity contribution in [2.75, 3.05) is 17.3 Å². The fourth-order valence-electron chi connectivity index (χ4n) is 2.45. The lowest BCUT2D eigenvalue weighted by Gasteiger charge is -2.08. The molecule has 0 fully saturated rings. The smallest absolute Gasteiger partial charge is 0.234 e. The first-order valence-corrected chi connectivity index (χ1v) is 11.3. The number of carbonyl (C=O) groups excluding carboxylic acids is 1. The molecule has 0 atom stereocenters. The Hall–Kier alpha value is -2.72. The maximum absolute atomic E-state index is 12.1. The second-order valence-corrected chi connectivity index (χ2v) is 8.86. The zero-order valence-corrected chi connectivity index (χ0v) is 17.0. The third kappa shape index (κ3) is 4.76. The van der Waals surface area contributed by atoms with Crippen molar-refractivity contribution in [3.63, 3.8) is 0 Å². The maximum atomic E-state index is 12.1. The Kier molecular flexibility index (Phi) is 6.10. The van der Waals surface area contributed by atoms with Gasteiger partial charge in [0.1, 0.15) is 5.69 Å². The summed E-state index contributed by atoms with van der Waals surface area (Å²) in [6, 6.07) is 12.3. The summed E-state index contributed by atoms with van der Waals surface area (Å²) >= 11 is 1.28. The van der Waals surface area contributed by atoms with E-state index in [2.05, 4.69) is 20.5 Å². The lowest BCUT2D eigenvalue weighted by atomic mass is 10.3. The van der Waals surface area contributed by atoms with E-state index < -0.39 is 9.84 Å². The molecule has 1 amide bonds. The van der Waals surface area contributed by atoms with Gasteiger partial charge >= 0.3 is 0 Å². The number of benzene rings is 1. The molecule has 146 valence electrons. The number of amides is 1. The number of nitrogens with one attached hydrogen (secondary N) is 1. The molecule has 0 spiro atoms. The molecule has 0 aliphatic rings. The molecule has 2 aromatic heterocycles. The van der Waals surface area contributed by atoms with Gasteiger partial charge < -0.3 is 9.88 Å². The normalized spacial score (nSPS) is 11.4. The molecule has 1 N–H and O–H groups in total. The molecule has 2 heterocycles. The average Bonchev–Trinajstić information content (AvgIpc) is 3.09. The summed E-state index contributed by atoms with van der Waals surface area (Å²) in [6.07, 6.45) is 2.44. The topological polar surface area (TPSA) is 107 Å². The highest BCUT2D eigenvalue weighted by molar-refractivity contribution is 7.99. The van der Waals surface area contributed by atoms with Gasteiger partial charge in [-0.2, -0.15) is 0 Å². The van der Waals surface area contributed by atoms with Crippen molar-refractivity contribution in [3.8, 4) is 11.5 Å². The van der Waals surface area contributed by atoms with Crippen LogP contribution in [-0.4, -0.2) is 46.1 Å². The Morgan fingerprint density at radius 1 is 1.14 bits per heavy atom. The first-order chi connectivity index (χ1) is 13.4. The standard InChI is InChI=1S/C18H19N5O3S2/c1-3-23-17(15-10-9-14(11-19-15)28(2,25)26)21-22-18(23)27-12-16(24)20-13-7-5-4-6-8-13/h4-11H,3,12H2,1-2H3,(H,20,24). The predicted molar refractivity (Wildman–Crippen MR) is 108 cm³/mol. The molecule has 0 radical (unpaired) electrons. The van der Waals surface area contributed by atoms with Gasteiger partial charge in [0, 0.05) is 24.7 Å². The maximum Gasteiger partial charge on any atom is 0.234 e. The quantitative estimate of drug-likeness (QED) is 0.589. The van der Waals surface area contributed by atoms with Crippen LogP contribution in [0.1, 0.15) is 6.92 Å². The van der Waals surface area contributed by atoms with Gasteiger partial charge in [-0.1, -0.05) is 30.0 Å². The second kappa shape index (κ2) is 8.53. The largest absolute Gasteiger partial charge is 0.325 e. The van der Waals surface area contributed by atoms with E-state index in [1.54, 1.807) is 6.07 Å². The number of aromatic nitrogens is 4.